The minimum Gasteiger partial charge on any atom is -0.508 e. The number of phenolic OH excluding ortho intramolecular Hbond substituents is 2. The van der Waals surface area contributed by atoms with E-state index in [1.807, 2.05) is 20.8 Å². The Hall–Kier alpha value is -1.51. The minimum atomic E-state index is -0.502. The van der Waals surface area contributed by atoms with Crippen molar-refractivity contribution in [1.82, 2.24) is 0 Å². The van der Waals surface area contributed by atoms with Gasteiger partial charge in [0.25, 0.3) is 0 Å². The first-order chi connectivity index (χ1) is 8.29. The van der Waals surface area contributed by atoms with Crippen LogP contribution in [0.2, 0.25) is 0 Å². The molecule has 0 aromatic heterocycles. The number of carbonyl (C=O) groups excluding carboxylic acids is 1. The minimum absolute atomic E-state index is 0.0898. The van der Waals surface area contributed by atoms with Gasteiger partial charge in [-0.15, -0.1) is 0 Å². The summed E-state index contributed by atoms with van der Waals surface area (Å²) in [6, 6.07) is 3.28. The average Bonchev–Trinajstić information content (AvgIpc) is 2.28. The molecule has 2 N–H and O–H groups in total. The summed E-state index contributed by atoms with van der Waals surface area (Å²) < 4.78 is 0. The monoisotopic (exact) mass is 250 g/mol. The van der Waals surface area contributed by atoms with Crippen LogP contribution in [0.1, 0.15) is 45.2 Å². The predicted octanol–water partition coefficient (Wildman–Crippen LogP) is 3.21. The fraction of sp³-hybridized carbons (Fsp3) is 0.533. The molecule has 0 saturated carbocycles. The largest absolute Gasteiger partial charge is 0.508 e. The number of rotatable bonds is 5. The van der Waals surface area contributed by atoms with Crippen LogP contribution in [-0.2, 0) is 17.6 Å². The van der Waals surface area contributed by atoms with E-state index < -0.39 is 5.41 Å². The van der Waals surface area contributed by atoms with Crippen molar-refractivity contribution in [1.29, 1.82) is 0 Å². The van der Waals surface area contributed by atoms with Crippen LogP contribution in [0.4, 0.5) is 0 Å². The summed E-state index contributed by atoms with van der Waals surface area (Å²) >= 11 is 0. The van der Waals surface area contributed by atoms with E-state index in [2.05, 4.69) is 0 Å². The van der Waals surface area contributed by atoms with Crippen LogP contribution in [-0.4, -0.2) is 16.0 Å². The summed E-state index contributed by atoms with van der Waals surface area (Å²) in [6.45, 7) is 7.28. The molecule has 1 aromatic rings. The molecule has 1 rings (SSSR count). The second kappa shape index (κ2) is 5.42. The molecule has 3 nitrogen and oxygen atoms in total. The number of aromatic hydroxyl groups is 2. The SMILES string of the molecule is CCCc1c(O)ccc(CC(C)(C)C(C)=O)c1O. The van der Waals surface area contributed by atoms with Gasteiger partial charge in [-0.2, -0.15) is 0 Å². The van der Waals surface area contributed by atoms with Gasteiger partial charge in [-0.05, 0) is 31.4 Å². The zero-order chi connectivity index (χ0) is 13.9. The third kappa shape index (κ3) is 3.03. The Morgan fingerprint density at radius 1 is 1.28 bits per heavy atom. The van der Waals surface area contributed by atoms with Crippen molar-refractivity contribution in [3.8, 4) is 11.5 Å². The van der Waals surface area contributed by atoms with Crippen LogP contribution in [0.25, 0.3) is 0 Å². The van der Waals surface area contributed by atoms with Gasteiger partial charge >= 0.3 is 0 Å². The van der Waals surface area contributed by atoms with E-state index in [1.54, 1.807) is 19.1 Å². The van der Waals surface area contributed by atoms with E-state index in [0.717, 1.165) is 12.0 Å². The van der Waals surface area contributed by atoms with E-state index >= 15 is 0 Å². The molecule has 0 aliphatic rings. The van der Waals surface area contributed by atoms with Gasteiger partial charge in [0.2, 0.25) is 0 Å². The van der Waals surface area contributed by atoms with Crippen molar-refractivity contribution < 1.29 is 15.0 Å². The molecule has 0 aliphatic heterocycles. The van der Waals surface area contributed by atoms with Crippen molar-refractivity contribution in [2.45, 2.75) is 47.0 Å². The number of carbonyl (C=O) groups is 1. The molecular formula is C15H22O3. The first-order valence-corrected chi connectivity index (χ1v) is 6.33. The number of hydrogen-bond donors (Lipinski definition) is 2. The Morgan fingerprint density at radius 2 is 1.89 bits per heavy atom. The molecule has 0 radical (unpaired) electrons. The molecule has 1 aromatic carbocycles. The molecule has 18 heavy (non-hydrogen) atoms. The summed E-state index contributed by atoms with van der Waals surface area (Å²) in [5.74, 6) is 0.344. The Kier molecular flexibility index (Phi) is 4.38. The van der Waals surface area contributed by atoms with Gasteiger partial charge < -0.3 is 10.2 Å². The molecule has 0 amide bonds. The summed E-state index contributed by atoms with van der Waals surface area (Å²) in [5, 5.41) is 19.9. The number of ketones is 1. The Morgan fingerprint density at radius 3 is 2.39 bits per heavy atom. The number of Topliss-reactive ketones (excluding diaryl/α,β-unsaturated/α-hetero) is 1. The van der Waals surface area contributed by atoms with Gasteiger partial charge in [-0.25, -0.2) is 0 Å². The third-order valence-electron chi connectivity index (χ3n) is 3.43. The van der Waals surface area contributed by atoms with E-state index in [-0.39, 0.29) is 17.3 Å². The van der Waals surface area contributed by atoms with Gasteiger partial charge in [0.15, 0.2) is 0 Å². The Balaban J connectivity index is 3.12. The highest BCUT2D eigenvalue weighted by atomic mass is 16.3. The molecule has 0 saturated heterocycles. The lowest BCUT2D eigenvalue weighted by Gasteiger charge is -2.22. The Labute approximate surface area is 108 Å². The number of benzene rings is 1. The van der Waals surface area contributed by atoms with Gasteiger partial charge in [-0.1, -0.05) is 33.3 Å². The normalized spacial score (nSPS) is 11.6. The molecule has 100 valence electrons. The fourth-order valence-corrected chi connectivity index (χ4v) is 1.91. The van der Waals surface area contributed by atoms with Gasteiger partial charge in [-0.3, -0.25) is 4.79 Å². The molecule has 0 atom stereocenters. The van der Waals surface area contributed by atoms with Gasteiger partial charge in [0, 0.05) is 11.0 Å². The van der Waals surface area contributed by atoms with E-state index in [4.69, 9.17) is 0 Å². The molecular weight excluding hydrogens is 228 g/mol. The molecule has 0 aliphatic carbocycles. The fourth-order valence-electron chi connectivity index (χ4n) is 1.91. The van der Waals surface area contributed by atoms with Crippen LogP contribution in [0, 0.1) is 5.41 Å². The second-order valence-electron chi connectivity index (χ2n) is 5.44. The van der Waals surface area contributed by atoms with Crippen LogP contribution in [0.5, 0.6) is 11.5 Å². The lowest BCUT2D eigenvalue weighted by Crippen LogP contribution is -2.24. The van der Waals surface area contributed by atoms with Crippen LogP contribution >= 0.6 is 0 Å². The van der Waals surface area contributed by atoms with Crippen molar-refractivity contribution in [3.63, 3.8) is 0 Å². The molecule has 0 heterocycles. The maximum absolute atomic E-state index is 11.5. The van der Waals surface area contributed by atoms with E-state index in [0.29, 0.717) is 18.4 Å². The van der Waals surface area contributed by atoms with Crippen molar-refractivity contribution in [2.75, 3.05) is 0 Å². The maximum Gasteiger partial charge on any atom is 0.135 e. The summed E-state index contributed by atoms with van der Waals surface area (Å²) in [5.41, 5.74) is 0.795. The number of phenols is 2. The molecule has 3 heteroatoms. The van der Waals surface area contributed by atoms with Gasteiger partial charge in [0.1, 0.15) is 17.3 Å². The zero-order valence-corrected chi connectivity index (χ0v) is 11.6. The molecule has 0 unspecified atom stereocenters. The van der Waals surface area contributed by atoms with Crippen LogP contribution in [0.15, 0.2) is 12.1 Å². The number of hydrogen-bond acceptors (Lipinski definition) is 3. The van der Waals surface area contributed by atoms with Crippen molar-refractivity contribution in [3.05, 3.63) is 23.3 Å². The van der Waals surface area contributed by atoms with Crippen molar-refractivity contribution >= 4 is 5.78 Å². The Bertz CT molecular complexity index is 447. The highest BCUT2D eigenvalue weighted by Crippen LogP contribution is 2.35. The van der Waals surface area contributed by atoms with Crippen LogP contribution < -0.4 is 0 Å². The second-order valence-corrected chi connectivity index (χ2v) is 5.44. The molecule has 0 spiro atoms. The topological polar surface area (TPSA) is 57.5 Å². The standard InChI is InChI=1S/C15H22O3/c1-5-6-12-13(17)8-7-11(14(12)18)9-15(3,4)10(2)16/h7-8,17-18H,5-6,9H2,1-4H3. The molecule has 0 bridgehead atoms. The lowest BCUT2D eigenvalue weighted by atomic mass is 9.81. The van der Waals surface area contributed by atoms with Crippen molar-refractivity contribution in [2.24, 2.45) is 5.41 Å². The maximum atomic E-state index is 11.5. The average molecular weight is 250 g/mol. The van der Waals surface area contributed by atoms with Gasteiger partial charge in [0.05, 0.1) is 0 Å². The highest BCUT2D eigenvalue weighted by molar-refractivity contribution is 5.82. The predicted molar refractivity (Wildman–Crippen MR) is 71.9 cm³/mol. The highest BCUT2D eigenvalue weighted by Gasteiger charge is 2.26. The third-order valence-corrected chi connectivity index (χ3v) is 3.43. The molecule has 0 fully saturated rings. The summed E-state index contributed by atoms with van der Waals surface area (Å²) in [7, 11) is 0. The van der Waals surface area contributed by atoms with E-state index in [9.17, 15) is 15.0 Å². The summed E-state index contributed by atoms with van der Waals surface area (Å²) in [4.78, 5) is 11.5. The van der Waals surface area contributed by atoms with Crippen LogP contribution in [0.3, 0.4) is 0 Å². The first-order valence-electron chi connectivity index (χ1n) is 6.33. The quantitative estimate of drug-likeness (QED) is 0.843. The first kappa shape index (κ1) is 14.6. The zero-order valence-electron chi connectivity index (χ0n) is 11.6. The summed E-state index contributed by atoms with van der Waals surface area (Å²) in [6.07, 6.45) is 1.96. The lowest BCUT2D eigenvalue weighted by molar-refractivity contribution is -0.124. The van der Waals surface area contributed by atoms with E-state index in [1.165, 1.54) is 0 Å². The smallest absolute Gasteiger partial charge is 0.135 e.